The lowest BCUT2D eigenvalue weighted by atomic mass is 9.65. The van der Waals surface area contributed by atoms with Crippen LogP contribution in [0.4, 0.5) is 11.4 Å². The molecule has 1 heterocycles. The molecule has 1 N–H and O–H groups in total. The predicted octanol–water partition coefficient (Wildman–Crippen LogP) is 2.73. The fourth-order valence-corrected chi connectivity index (χ4v) is 3.13. The minimum Gasteiger partial charge on any atom is -0.324 e. The maximum absolute atomic E-state index is 12.0. The first kappa shape index (κ1) is 10.7. The molecule has 88 valence electrons. The van der Waals surface area contributed by atoms with Crippen LogP contribution < -0.4 is 5.32 Å². The number of amides is 1. The van der Waals surface area contributed by atoms with E-state index in [9.17, 15) is 14.9 Å². The Balaban J connectivity index is 2.22. The first-order valence-electron chi connectivity index (χ1n) is 5.34. The van der Waals surface area contributed by atoms with Gasteiger partial charge in [-0.2, -0.15) is 0 Å². The summed E-state index contributed by atoms with van der Waals surface area (Å²) in [6.07, 6.45) is 2.55. The Labute approximate surface area is 105 Å². The van der Waals surface area contributed by atoms with Crippen molar-refractivity contribution in [2.45, 2.75) is 24.7 Å². The molecule has 1 aromatic rings. The van der Waals surface area contributed by atoms with E-state index in [4.69, 9.17) is 0 Å². The average Bonchev–Trinajstić information content (AvgIpc) is 2.50. The number of nitro groups is 1. The van der Waals surface area contributed by atoms with E-state index in [-0.39, 0.29) is 11.6 Å². The molecule has 2 aliphatic rings. The highest BCUT2D eigenvalue weighted by atomic mass is 79.9. The Morgan fingerprint density at radius 2 is 2.12 bits per heavy atom. The van der Waals surface area contributed by atoms with Crippen LogP contribution in [0.15, 0.2) is 16.6 Å². The maximum Gasteiger partial charge on any atom is 0.271 e. The second-order valence-corrected chi connectivity index (χ2v) is 5.35. The topological polar surface area (TPSA) is 72.2 Å². The van der Waals surface area contributed by atoms with E-state index in [1.54, 1.807) is 0 Å². The van der Waals surface area contributed by atoms with Crippen LogP contribution in [-0.4, -0.2) is 10.8 Å². The van der Waals surface area contributed by atoms with Gasteiger partial charge in [-0.15, -0.1) is 0 Å². The maximum atomic E-state index is 12.0. The van der Waals surface area contributed by atoms with Crippen LogP contribution in [0, 0.1) is 10.1 Å². The molecule has 0 saturated heterocycles. The quantitative estimate of drug-likeness (QED) is 0.640. The van der Waals surface area contributed by atoms with Gasteiger partial charge in [-0.3, -0.25) is 14.9 Å². The van der Waals surface area contributed by atoms with E-state index in [0.717, 1.165) is 24.8 Å². The number of carbonyl (C=O) groups is 1. The van der Waals surface area contributed by atoms with Crippen LogP contribution in [-0.2, 0) is 10.2 Å². The van der Waals surface area contributed by atoms with Crippen molar-refractivity contribution in [1.82, 2.24) is 0 Å². The van der Waals surface area contributed by atoms with Crippen LogP contribution in [0.2, 0.25) is 0 Å². The van der Waals surface area contributed by atoms with E-state index < -0.39 is 10.3 Å². The highest BCUT2D eigenvalue weighted by molar-refractivity contribution is 9.10. The molecular formula is C11H9BrN2O3. The van der Waals surface area contributed by atoms with Crippen molar-refractivity contribution >= 4 is 33.2 Å². The van der Waals surface area contributed by atoms with Crippen molar-refractivity contribution in [1.29, 1.82) is 0 Å². The summed E-state index contributed by atoms with van der Waals surface area (Å²) in [7, 11) is 0. The fourth-order valence-electron chi connectivity index (χ4n) is 2.58. The van der Waals surface area contributed by atoms with Crippen molar-refractivity contribution in [2.24, 2.45) is 0 Å². The minimum atomic E-state index is -0.510. The summed E-state index contributed by atoms with van der Waals surface area (Å²) in [6.45, 7) is 0. The Hall–Kier alpha value is -1.43. The standard InChI is InChI=1S/C11H9BrN2O3/c12-8-5-6(14(16)17)4-7-9(8)13-10(15)11(7)2-1-3-11/h4-5H,1-3H2,(H,13,15). The second kappa shape index (κ2) is 3.29. The molecule has 17 heavy (non-hydrogen) atoms. The second-order valence-electron chi connectivity index (χ2n) is 4.50. The number of non-ortho nitro benzene ring substituents is 1. The SMILES string of the molecule is O=C1Nc2c(Br)cc([N+](=O)[O-])cc2C12CCC2. The van der Waals surface area contributed by atoms with Crippen molar-refractivity contribution in [3.05, 3.63) is 32.3 Å². The van der Waals surface area contributed by atoms with Gasteiger partial charge in [0.25, 0.3) is 5.69 Å². The number of rotatable bonds is 1. The van der Waals surface area contributed by atoms with Crippen molar-refractivity contribution in [3.63, 3.8) is 0 Å². The molecule has 0 bridgehead atoms. The Bertz CT molecular complexity index is 552. The number of anilines is 1. The number of fused-ring (bicyclic) bond motifs is 2. The smallest absolute Gasteiger partial charge is 0.271 e. The molecule has 1 fully saturated rings. The Morgan fingerprint density at radius 3 is 2.65 bits per heavy atom. The summed E-state index contributed by atoms with van der Waals surface area (Å²) >= 11 is 3.28. The van der Waals surface area contributed by atoms with Gasteiger partial charge in [0, 0.05) is 16.6 Å². The van der Waals surface area contributed by atoms with E-state index in [2.05, 4.69) is 21.2 Å². The molecule has 5 nitrogen and oxygen atoms in total. The molecule has 0 atom stereocenters. The molecule has 0 unspecified atom stereocenters. The number of benzene rings is 1. The normalized spacial score (nSPS) is 19.7. The van der Waals surface area contributed by atoms with Crippen LogP contribution >= 0.6 is 15.9 Å². The van der Waals surface area contributed by atoms with Gasteiger partial charge in [0.2, 0.25) is 5.91 Å². The van der Waals surface area contributed by atoms with Crippen molar-refractivity contribution < 1.29 is 9.72 Å². The fraction of sp³-hybridized carbons (Fsp3) is 0.364. The summed E-state index contributed by atoms with van der Waals surface area (Å²) in [5.41, 5.74) is 0.984. The van der Waals surface area contributed by atoms with E-state index >= 15 is 0 Å². The predicted molar refractivity (Wildman–Crippen MR) is 65.0 cm³/mol. The van der Waals surface area contributed by atoms with Gasteiger partial charge in [0.05, 0.1) is 16.0 Å². The summed E-state index contributed by atoms with van der Waals surface area (Å²) in [4.78, 5) is 22.4. The summed E-state index contributed by atoms with van der Waals surface area (Å²) in [5.74, 6) is -0.0278. The highest BCUT2D eigenvalue weighted by Crippen LogP contribution is 2.53. The largest absolute Gasteiger partial charge is 0.324 e. The third kappa shape index (κ3) is 1.27. The van der Waals surface area contributed by atoms with E-state index in [0.29, 0.717) is 10.2 Å². The lowest BCUT2D eigenvalue weighted by molar-refractivity contribution is -0.385. The third-order valence-corrected chi connectivity index (χ3v) is 4.31. The van der Waals surface area contributed by atoms with Crippen LogP contribution in [0.1, 0.15) is 24.8 Å². The van der Waals surface area contributed by atoms with Crippen LogP contribution in [0.25, 0.3) is 0 Å². The zero-order valence-corrected chi connectivity index (χ0v) is 10.4. The van der Waals surface area contributed by atoms with Crippen molar-refractivity contribution in [3.8, 4) is 0 Å². The number of hydrogen-bond acceptors (Lipinski definition) is 3. The van der Waals surface area contributed by atoms with E-state index in [1.807, 2.05) is 0 Å². The zero-order chi connectivity index (χ0) is 12.2. The molecule has 3 rings (SSSR count). The molecule has 1 aliphatic heterocycles. The van der Waals surface area contributed by atoms with Gasteiger partial charge in [-0.1, -0.05) is 6.42 Å². The van der Waals surface area contributed by atoms with Crippen molar-refractivity contribution in [2.75, 3.05) is 5.32 Å². The molecule has 1 aliphatic carbocycles. The minimum absolute atomic E-state index is 0.0263. The summed E-state index contributed by atoms with van der Waals surface area (Å²) in [5, 5.41) is 13.6. The zero-order valence-electron chi connectivity index (χ0n) is 8.83. The lowest BCUT2D eigenvalue weighted by Crippen LogP contribution is -2.40. The molecular weight excluding hydrogens is 288 g/mol. The average molecular weight is 297 g/mol. The molecule has 1 aromatic carbocycles. The van der Waals surface area contributed by atoms with Crippen LogP contribution in [0.5, 0.6) is 0 Å². The first-order valence-corrected chi connectivity index (χ1v) is 6.14. The number of nitro benzene ring substituents is 1. The molecule has 6 heteroatoms. The molecule has 1 saturated carbocycles. The first-order chi connectivity index (χ1) is 8.04. The number of nitrogens with zero attached hydrogens (tertiary/aromatic N) is 1. The van der Waals surface area contributed by atoms with Gasteiger partial charge in [0.15, 0.2) is 0 Å². The summed E-state index contributed by atoms with van der Waals surface area (Å²) < 4.78 is 0.582. The van der Waals surface area contributed by atoms with Gasteiger partial charge in [-0.25, -0.2) is 0 Å². The molecule has 0 radical (unpaired) electrons. The van der Waals surface area contributed by atoms with Gasteiger partial charge < -0.3 is 5.32 Å². The number of carbonyl (C=O) groups excluding carboxylic acids is 1. The Kier molecular flexibility index (Phi) is 2.07. The molecule has 1 spiro atoms. The summed E-state index contributed by atoms with van der Waals surface area (Å²) in [6, 6.07) is 2.95. The lowest BCUT2D eigenvalue weighted by Gasteiger charge is -2.35. The van der Waals surface area contributed by atoms with Gasteiger partial charge in [-0.05, 0) is 34.3 Å². The molecule has 0 aromatic heterocycles. The number of nitrogens with one attached hydrogen (secondary N) is 1. The van der Waals surface area contributed by atoms with Gasteiger partial charge in [0.1, 0.15) is 0 Å². The third-order valence-electron chi connectivity index (χ3n) is 3.68. The number of hydrogen-bond donors (Lipinski definition) is 1. The van der Waals surface area contributed by atoms with Crippen LogP contribution in [0.3, 0.4) is 0 Å². The monoisotopic (exact) mass is 296 g/mol. The Morgan fingerprint density at radius 1 is 1.41 bits per heavy atom. The van der Waals surface area contributed by atoms with Gasteiger partial charge >= 0.3 is 0 Å². The highest BCUT2D eigenvalue weighted by Gasteiger charge is 2.52. The number of halogens is 1. The molecule has 1 amide bonds. The van der Waals surface area contributed by atoms with E-state index in [1.165, 1.54) is 12.1 Å².